The van der Waals surface area contributed by atoms with Gasteiger partial charge in [0.2, 0.25) is 5.88 Å². The molecule has 3 aromatic heterocycles. The highest BCUT2D eigenvalue weighted by atomic mass is 35.5. The molecule has 4 aromatic rings. The lowest BCUT2D eigenvalue weighted by atomic mass is 10.2. The molecule has 152 valence electrons. The maximum Gasteiger partial charge on any atom is 0.245 e. The van der Waals surface area contributed by atoms with Gasteiger partial charge in [-0.2, -0.15) is 4.98 Å². The number of hydrogen-bond donors (Lipinski definition) is 1. The molecular formula is C22H20ClN5O2. The van der Waals surface area contributed by atoms with Gasteiger partial charge >= 0.3 is 0 Å². The van der Waals surface area contributed by atoms with Crippen molar-refractivity contribution in [2.75, 3.05) is 0 Å². The summed E-state index contributed by atoms with van der Waals surface area (Å²) in [6.45, 7) is 4.55. The number of ether oxygens (including phenoxy) is 1. The third-order valence-corrected chi connectivity index (χ3v) is 5.59. The number of phenols is 1. The van der Waals surface area contributed by atoms with E-state index in [9.17, 15) is 5.11 Å². The molecule has 1 saturated carbocycles. The average Bonchev–Trinajstić information content (AvgIpc) is 3.31. The SMILES string of the molecule is Cc1ccnc(Cn2c(-c3ccc(O)cc3Cl)nc3c(OC4(C)CC4)ncnc32)c1. The Morgan fingerprint density at radius 2 is 2.00 bits per heavy atom. The Balaban J connectivity index is 1.71. The molecule has 1 aromatic carbocycles. The molecule has 0 atom stereocenters. The minimum absolute atomic E-state index is 0.0947. The molecule has 0 bridgehead atoms. The van der Waals surface area contributed by atoms with Crippen molar-refractivity contribution in [1.29, 1.82) is 0 Å². The van der Waals surface area contributed by atoms with Crippen LogP contribution < -0.4 is 4.74 Å². The lowest BCUT2D eigenvalue weighted by Crippen LogP contribution is -2.13. The minimum atomic E-state index is -0.195. The zero-order chi connectivity index (χ0) is 20.9. The van der Waals surface area contributed by atoms with E-state index < -0.39 is 0 Å². The van der Waals surface area contributed by atoms with Gasteiger partial charge < -0.3 is 14.4 Å². The van der Waals surface area contributed by atoms with Crippen molar-refractivity contribution in [2.24, 2.45) is 0 Å². The first-order valence-corrected chi connectivity index (χ1v) is 10.1. The molecule has 0 spiro atoms. The van der Waals surface area contributed by atoms with Gasteiger partial charge in [0, 0.05) is 11.8 Å². The summed E-state index contributed by atoms with van der Waals surface area (Å²) in [5.74, 6) is 1.17. The molecule has 0 aliphatic heterocycles. The Hall–Kier alpha value is -3.19. The summed E-state index contributed by atoms with van der Waals surface area (Å²) in [7, 11) is 0. The lowest BCUT2D eigenvalue weighted by Gasteiger charge is -2.12. The second-order valence-electron chi connectivity index (χ2n) is 7.91. The van der Waals surface area contributed by atoms with Crippen LogP contribution in [0.1, 0.15) is 31.0 Å². The fraction of sp³-hybridized carbons (Fsp3) is 0.273. The van der Waals surface area contributed by atoms with E-state index in [1.165, 1.54) is 12.4 Å². The maximum atomic E-state index is 9.77. The van der Waals surface area contributed by atoms with Gasteiger partial charge in [0.15, 0.2) is 11.2 Å². The van der Waals surface area contributed by atoms with Crippen LogP contribution in [-0.2, 0) is 6.54 Å². The van der Waals surface area contributed by atoms with Crippen LogP contribution in [0.3, 0.4) is 0 Å². The fourth-order valence-electron chi connectivity index (χ4n) is 3.39. The number of aromatic hydroxyl groups is 1. The second-order valence-corrected chi connectivity index (χ2v) is 8.32. The first-order chi connectivity index (χ1) is 14.4. The van der Waals surface area contributed by atoms with Gasteiger partial charge in [-0.1, -0.05) is 11.6 Å². The van der Waals surface area contributed by atoms with Crippen LogP contribution in [0.15, 0.2) is 42.9 Å². The van der Waals surface area contributed by atoms with E-state index in [-0.39, 0.29) is 11.4 Å². The molecule has 0 saturated heterocycles. The Labute approximate surface area is 178 Å². The van der Waals surface area contributed by atoms with E-state index in [1.807, 2.05) is 23.6 Å². The molecule has 1 N–H and O–H groups in total. The van der Waals surface area contributed by atoms with Crippen LogP contribution >= 0.6 is 11.6 Å². The van der Waals surface area contributed by atoms with E-state index in [0.717, 1.165) is 24.1 Å². The summed E-state index contributed by atoms with van der Waals surface area (Å²) in [6, 6.07) is 8.81. The van der Waals surface area contributed by atoms with Gasteiger partial charge in [-0.05, 0) is 62.6 Å². The van der Waals surface area contributed by atoms with Crippen LogP contribution in [0.4, 0.5) is 0 Å². The van der Waals surface area contributed by atoms with Crippen molar-refractivity contribution in [3.05, 3.63) is 59.1 Å². The van der Waals surface area contributed by atoms with Gasteiger partial charge in [0.05, 0.1) is 17.3 Å². The third kappa shape index (κ3) is 3.45. The first-order valence-electron chi connectivity index (χ1n) is 9.72. The van der Waals surface area contributed by atoms with Crippen LogP contribution in [0.2, 0.25) is 5.02 Å². The monoisotopic (exact) mass is 421 g/mol. The predicted molar refractivity (Wildman–Crippen MR) is 114 cm³/mol. The molecule has 1 aliphatic carbocycles. The molecule has 7 nitrogen and oxygen atoms in total. The molecule has 1 fully saturated rings. The van der Waals surface area contributed by atoms with Crippen LogP contribution in [0.5, 0.6) is 11.6 Å². The van der Waals surface area contributed by atoms with Crippen molar-refractivity contribution in [1.82, 2.24) is 24.5 Å². The smallest absolute Gasteiger partial charge is 0.245 e. The van der Waals surface area contributed by atoms with E-state index in [2.05, 4.69) is 21.9 Å². The van der Waals surface area contributed by atoms with Gasteiger partial charge in [-0.3, -0.25) is 4.98 Å². The fourth-order valence-corrected chi connectivity index (χ4v) is 3.65. The van der Waals surface area contributed by atoms with Crippen molar-refractivity contribution in [2.45, 2.75) is 38.8 Å². The molecule has 0 amide bonds. The number of nitrogens with zero attached hydrogens (tertiary/aromatic N) is 5. The lowest BCUT2D eigenvalue weighted by molar-refractivity contribution is 0.194. The Kier molecular flexibility index (Phi) is 4.36. The highest BCUT2D eigenvalue weighted by Crippen LogP contribution is 2.41. The van der Waals surface area contributed by atoms with E-state index >= 15 is 0 Å². The number of rotatable bonds is 5. The summed E-state index contributed by atoms with van der Waals surface area (Å²) in [6.07, 6.45) is 5.26. The van der Waals surface area contributed by atoms with Crippen LogP contribution in [0, 0.1) is 6.92 Å². The Morgan fingerprint density at radius 1 is 1.17 bits per heavy atom. The molecule has 30 heavy (non-hydrogen) atoms. The molecule has 3 heterocycles. The standard InChI is InChI=1S/C22H20ClN5O2/c1-13-5-8-24-14(9-13)11-28-19(16-4-3-15(29)10-17(16)23)27-18-20(28)25-12-26-21(18)30-22(2)6-7-22/h3-5,8-10,12,29H,6-7,11H2,1-2H3. The van der Waals surface area contributed by atoms with Crippen molar-refractivity contribution in [3.8, 4) is 23.0 Å². The molecule has 1 aliphatic rings. The zero-order valence-corrected chi connectivity index (χ0v) is 17.4. The Morgan fingerprint density at radius 3 is 2.73 bits per heavy atom. The number of benzene rings is 1. The van der Waals surface area contributed by atoms with Gasteiger partial charge in [-0.25, -0.2) is 9.97 Å². The summed E-state index contributed by atoms with van der Waals surface area (Å²) >= 11 is 6.45. The van der Waals surface area contributed by atoms with Gasteiger partial charge in [0.25, 0.3) is 0 Å². The third-order valence-electron chi connectivity index (χ3n) is 5.28. The molecule has 0 radical (unpaired) electrons. The van der Waals surface area contributed by atoms with Crippen molar-refractivity contribution < 1.29 is 9.84 Å². The van der Waals surface area contributed by atoms with Gasteiger partial charge in [-0.15, -0.1) is 0 Å². The topological polar surface area (TPSA) is 86.0 Å². The van der Waals surface area contributed by atoms with E-state index in [1.54, 1.807) is 18.3 Å². The number of pyridine rings is 1. The summed E-state index contributed by atoms with van der Waals surface area (Å²) in [5.41, 5.74) is 3.71. The van der Waals surface area contributed by atoms with Crippen LogP contribution in [-0.4, -0.2) is 35.2 Å². The number of imidazole rings is 1. The second kappa shape index (κ2) is 6.95. The largest absolute Gasteiger partial charge is 0.508 e. The predicted octanol–water partition coefficient (Wildman–Crippen LogP) is 4.54. The number of aromatic nitrogens is 5. The molecular weight excluding hydrogens is 402 g/mol. The van der Waals surface area contributed by atoms with Crippen LogP contribution in [0.25, 0.3) is 22.6 Å². The zero-order valence-electron chi connectivity index (χ0n) is 16.6. The average molecular weight is 422 g/mol. The summed E-state index contributed by atoms with van der Waals surface area (Å²) in [5, 5.41) is 10.2. The summed E-state index contributed by atoms with van der Waals surface area (Å²) < 4.78 is 8.09. The molecule has 0 unspecified atom stereocenters. The highest BCUT2D eigenvalue weighted by molar-refractivity contribution is 6.33. The number of hydrogen-bond acceptors (Lipinski definition) is 6. The minimum Gasteiger partial charge on any atom is -0.508 e. The van der Waals surface area contributed by atoms with Crippen molar-refractivity contribution >= 4 is 22.8 Å². The van der Waals surface area contributed by atoms with Crippen molar-refractivity contribution in [3.63, 3.8) is 0 Å². The number of phenolic OH excluding ortho intramolecular Hbond substituents is 1. The molecule has 5 rings (SSSR count). The number of fused-ring (bicyclic) bond motifs is 1. The highest BCUT2D eigenvalue weighted by Gasteiger charge is 2.41. The first kappa shape index (κ1) is 18.8. The Bertz CT molecular complexity index is 1270. The summed E-state index contributed by atoms with van der Waals surface area (Å²) in [4.78, 5) is 18.1. The molecule has 8 heteroatoms. The maximum absolute atomic E-state index is 9.77. The van der Waals surface area contributed by atoms with E-state index in [0.29, 0.717) is 40.0 Å². The quantitative estimate of drug-likeness (QED) is 0.509. The van der Waals surface area contributed by atoms with Gasteiger partial charge in [0.1, 0.15) is 23.5 Å². The number of halogens is 1. The number of aryl methyl sites for hydroxylation is 1. The normalized spacial score (nSPS) is 14.8. The van der Waals surface area contributed by atoms with E-state index in [4.69, 9.17) is 21.3 Å².